The number of nitriles is 1. The number of aryl methyl sites for hydroxylation is 2. The van der Waals surface area contributed by atoms with Gasteiger partial charge in [-0.15, -0.1) is 4.52 Å². The average Bonchev–Trinajstić information content (AvgIpc) is 2.72. The van der Waals surface area contributed by atoms with Crippen molar-refractivity contribution in [3.8, 4) is 6.07 Å². The molecule has 2 rings (SSSR count). The number of aromatic nitrogens is 2. The van der Waals surface area contributed by atoms with Gasteiger partial charge in [0.2, 0.25) is 5.69 Å². The first-order chi connectivity index (χ1) is 7.11. The maximum atomic E-state index is 8.98. The zero-order valence-corrected chi connectivity index (χ0v) is 9.88. The van der Waals surface area contributed by atoms with Gasteiger partial charge in [0.1, 0.15) is 10.2 Å². The van der Waals surface area contributed by atoms with E-state index in [1.807, 2.05) is 13.8 Å². The molecule has 0 fully saturated rings. The molecule has 0 amide bonds. The summed E-state index contributed by atoms with van der Waals surface area (Å²) in [6.07, 6.45) is 0. The van der Waals surface area contributed by atoms with Crippen molar-refractivity contribution in [2.75, 3.05) is 0 Å². The van der Waals surface area contributed by atoms with Crippen LogP contribution in [0.1, 0.15) is 17.1 Å². The topological polar surface area (TPSA) is 56.2 Å². The van der Waals surface area contributed by atoms with Gasteiger partial charge in [-0.3, -0.25) is 5.41 Å². The molecule has 1 N–H and O–H groups in total. The predicted molar refractivity (Wildman–Crippen MR) is 57.0 cm³/mol. The Morgan fingerprint density at radius 3 is 2.73 bits per heavy atom. The van der Waals surface area contributed by atoms with Crippen molar-refractivity contribution in [2.24, 2.45) is 0 Å². The van der Waals surface area contributed by atoms with Gasteiger partial charge >= 0.3 is 5.69 Å². The minimum absolute atomic E-state index is 0.510. The van der Waals surface area contributed by atoms with Gasteiger partial charge in [-0.2, -0.15) is 5.26 Å². The van der Waals surface area contributed by atoms with Crippen molar-refractivity contribution in [1.29, 1.82) is 10.7 Å². The van der Waals surface area contributed by atoms with E-state index in [2.05, 4.69) is 27.9 Å². The third kappa shape index (κ3) is 1.13. The van der Waals surface area contributed by atoms with Gasteiger partial charge in [0.15, 0.2) is 11.4 Å². The predicted octanol–water partition coefficient (Wildman–Crippen LogP) is 0.415. The van der Waals surface area contributed by atoms with Crippen LogP contribution in [0.3, 0.4) is 0 Å². The minimum atomic E-state index is 0.510. The molecular formula is C10H8BrN4+. The summed E-state index contributed by atoms with van der Waals surface area (Å²) >= 11 is 3.46. The number of fused-ring (bicyclic) bond motifs is 1. The van der Waals surface area contributed by atoms with Gasteiger partial charge in [-0.25, -0.2) is 0 Å². The van der Waals surface area contributed by atoms with Gasteiger partial charge < -0.3 is 0 Å². The first-order valence-electron chi connectivity index (χ1n) is 4.33. The van der Waals surface area contributed by atoms with E-state index in [0.717, 1.165) is 15.9 Å². The Kier molecular flexibility index (Phi) is 2.11. The highest BCUT2D eigenvalue weighted by Crippen LogP contribution is 2.17. The molecule has 4 nitrogen and oxygen atoms in total. The number of nitrogens with one attached hydrogen (secondary N) is 1. The first-order valence-corrected chi connectivity index (χ1v) is 5.13. The summed E-state index contributed by atoms with van der Waals surface area (Å²) in [5.74, 6) is 2.33. The number of rotatable bonds is 0. The van der Waals surface area contributed by atoms with E-state index in [-0.39, 0.29) is 0 Å². The standard InChI is InChI=1S/C10H8BrN4/c1-6-10(11)7(2)15-9(5-13)3-8(4-12)14(6)15/h3,12H,1-2H3/q+1. The fourth-order valence-electron chi connectivity index (χ4n) is 1.75. The molecule has 0 bridgehead atoms. The van der Waals surface area contributed by atoms with E-state index in [1.54, 1.807) is 15.1 Å². The van der Waals surface area contributed by atoms with E-state index in [1.165, 1.54) is 0 Å². The quantitative estimate of drug-likeness (QED) is 0.544. The third-order valence-electron chi connectivity index (χ3n) is 2.44. The van der Waals surface area contributed by atoms with Gasteiger partial charge in [0.25, 0.3) is 0 Å². The second kappa shape index (κ2) is 3.20. The molecule has 2 aromatic rings. The summed E-state index contributed by atoms with van der Waals surface area (Å²) in [5.41, 5.74) is 2.42. The maximum absolute atomic E-state index is 8.98. The summed E-state index contributed by atoms with van der Waals surface area (Å²) in [7, 11) is 0. The SMILES string of the molecule is Cc1c(Br)c(C)[n+]2c(C#N)cc(=C=N)n12. The van der Waals surface area contributed by atoms with Crippen molar-refractivity contribution < 1.29 is 4.52 Å². The zero-order chi connectivity index (χ0) is 11.2. The van der Waals surface area contributed by atoms with Crippen molar-refractivity contribution in [2.45, 2.75) is 13.8 Å². The van der Waals surface area contributed by atoms with Crippen LogP contribution in [0.5, 0.6) is 0 Å². The van der Waals surface area contributed by atoms with E-state index >= 15 is 0 Å². The molecule has 0 radical (unpaired) electrons. The normalized spacial score (nSPS) is 10.3. The Labute approximate surface area is 94.7 Å². The molecule has 0 aliphatic rings. The number of halogens is 1. The van der Waals surface area contributed by atoms with Gasteiger partial charge in [0, 0.05) is 12.8 Å². The first kappa shape index (κ1) is 9.91. The highest BCUT2D eigenvalue weighted by atomic mass is 79.9. The Morgan fingerprint density at radius 1 is 1.53 bits per heavy atom. The number of nitrogens with zero attached hydrogens (tertiary/aromatic N) is 3. The lowest BCUT2D eigenvalue weighted by Gasteiger charge is -1.81. The monoisotopic (exact) mass is 263 g/mol. The van der Waals surface area contributed by atoms with E-state index < -0.39 is 0 Å². The third-order valence-corrected chi connectivity index (χ3v) is 3.59. The lowest BCUT2D eigenvalue weighted by Crippen LogP contribution is -2.34. The summed E-state index contributed by atoms with van der Waals surface area (Å²) in [4.78, 5) is 0. The van der Waals surface area contributed by atoms with Crippen molar-refractivity contribution in [1.82, 2.24) is 4.52 Å². The molecule has 2 heterocycles. The Balaban J connectivity index is 3.21. The fraction of sp³-hybridized carbons (Fsp3) is 0.200. The van der Waals surface area contributed by atoms with Crippen LogP contribution < -0.4 is 9.86 Å². The van der Waals surface area contributed by atoms with Crippen molar-refractivity contribution in [3.63, 3.8) is 0 Å². The highest BCUT2D eigenvalue weighted by molar-refractivity contribution is 9.10. The van der Waals surface area contributed by atoms with E-state index in [9.17, 15) is 0 Å². The van der Waals surface area contributed by atoms with Gasteiger partial charge in [-0.1, -0.05) is 4.52 Å². The van der Waals surface area contributed by atoms with Crippen LogP contribution in [0.2, 0.25) is 0 Å². The molecule has 0 spiro atoms. The molecular weight excluding hydrogens is 256 g/mol. The maximum Gasteiger partial charge on any atom is 0.316 e. The minimum Gasteiger partial charge on any atom is -0.257 e. The molecule has 0 saturated heterocycles. The van der Waals surface area contributed by atoms with Crippen LogP contribution >= 0.6 is 15.9 Å². The molecule has 0 unspecified atom stereocenters. The molecule has 0 aliphatic heterocycles. The summed E-state index contributed by atoms with van der Waals surface area (Å²) in [5, 5.41) is 16.7. The molecule has 0 atom stereocenters. The number of hydrogen-bond donors (Lipinski definition) is 1. The number of hydrogen-bond acceptors (Lipinski definition) is 2. The summed E-state index contributed by atoms with van der Waals surface area (Å²) < 4.78 is 4.53. The molecule has 0 aliphatic carbocycles. The second-order valence-corrected chi connectivity index (χ2v) is 4.05. The lowest BCUT2D eigenvalue weighted by atomic mass is 10.3. The molecule has 2 aromatic heterocycles. The highest BCUT2D eigenvalue weighted by Gasteiger charge is 2.24. The van der Waals surface area contributed by atoms with Crippen molar-refractivity contribution >= 4 is 21.8 Å². The van der Waals surface area contributed by atoms with Crippen LogP contribution in [0.25, 0.3) is 0 Å². The van der Waals surface area contributed by atoms with Crippen LogP contribution in [0.4, 0.5) is 0 Å². The lowest BCUT2D eigenvalue weighted by molar-refractivity contribution is -0.623. The zero-order valence-electron chi connectivity index (χ0n) is 8.30. The Morgan fingerprint density at radius 2 is 2.20 bits per heavy atom. The van der Waals surface area contributed by atoms with E-state index in [4.69, 9.17) is 10.7 Å². The Hall–Kier alpha value is -1.63. The smallest absolute Gasteiger partial charge is 0.257 e. The molecule has 0 aromatic carbocycles. The Bertz CT molecular complexity index is 671. The fourth-order valence-corrected chi connectivity index (χ4v) is 2.08. The van der Waals surface area contributed by atoms with Crippen LogP contribution in [0.15, 0.2) is 10.5 Å². The van der Waals surface area contributed by atoms with Crippen LogP contribution in [0, 0.1) is 30.6 Å². The molecule has 5 heteroatoms. The largest absolute Gasteiger partial charge is 0.316 e. The van der Waals surface area contributed by atoms with E-state index in [0.29, 0.717) is 11.0 Å². The molecule has 74 valence electrons. The van der Waals surface area contributed by atoms with Crippen LogP contribution in [-0.2, 0) is 0 Å². The van der Waals surface area contributed by atoms with Gasteiger partial charge in [-0.05, 0) is 22.9 Å². The summed E-state index contributed by atoms with van der Waals surface area (Å²) in [6.45, 7) is 3.85. The second-order valence-electron chi connectivity index (χ2n) is 3.26. The molecule has 0 saturated carbocycles. The van der Waals surface area contributed by atoms with Crippen LogP contribution in [-0.4, -0.2) is 10.4 Å². The van der Waals surface area contributed by atoms with Crippen molar-refractivity contribution in [3.05, 3.63) is 33.0 Å². The van der Waals surface area contributed by atoms with Gasteiger partial charge in [0.05, 0.1) is 6.07 Å². The average molecular weight is 264 g/mol. The molecule has 15 heavy (non-hydrogen) atoms. The summed E-state index contributed by atoms with van der Waals surface area (Å²) in [6, 6.07) is 3.76.